The minimum atomic E-state index is -3.58. The summed E-state index contributed by atoms with van der Waals surface area (Å²) in [6.07, 6.45) is 1.20. The zero-order valence-electron chi connectivity index (χ0n) is 10.9. The molecule has 1 rings (SSSR count). The van der Waals surface area contributed by atoms with Crippen molar-refractivity contribution < 1.29 is 22.7 Å². The highest BCUT2D eigenvalue weighted by Crippen LogP contribution is 2.30. The van der Waals surface area contributed by atoms with Gasteiger partial charge in [0.25, 0.3) is 0 Å². The van der Waals surface area contributed by atoms with Gasteiger partial charge in [0.15, 0.2) is 0 Å². The van der Waals surface area contributed by atoms with Crippen LogP contribution in [0.4, 0.5) is 10.1 Å². The maximum atomic E-state index is 13.8. The highest BCUT2D eigenvalue weighted by Gasteiger charge is 2.33. The largest absolute Gasteiger partial charge is 0.481 e. The number of sulfonamides is 1. The average Bonchev–Trinajstić information content (AvgIpc) is 2.28. The molecule has 0 saturated carbocycles. The summed E-state index contributed by atoms with van der Waals surface area (Å²) in [6, 6.07) is 3.68. The number of hydrogen-bond acceptors (Lipinski definition) is 3. The van der Waals surface area contributed by atoms with E-state index in [-0.39, 0.29) is 5.69 Å². The van der Waals surface area contributed by atoms with Crippen molar-refractivity contribution in [2.24, 2.45) is 0 Å². The number of halogens is 1. The highest BCUT2D eigenvalue weighted by atomic mass is 32.2. The van der Waals surface area contributed by atoms with Gasteiger partial charge in [0, 0.05) is 0 Å². The number of hydrogen-bond donors (Lipinski definition) is 2. The van der Waals surface area contributed by atoms with Crippen LogP contribution in [-0.4, -0.2) is 25.7 Å². The lowest BCUT2D eigenvalue weighted by atomic mass is 9.80. The van der Waals surface area contributed by atoms with Crippen molar-refractivity contribution in [3.8, 4) is 0 Å². The van der Waals surface area contributed by atoms with Crippen LogP contribution >= 0.6 is 0 Å². The molecule has 2 N–H and O–H groups in total. The number of carboxylic acids is 1. The Hall–Kier alpha value is -1.63. The van der Waals surface area contributed by atoms with Gasteiger partial charge in [0.2, 0.25) is 10.0 Å². The SMILES string of the molecule is CCC(C)(C(=O)O)c1ccc(NS(C)(=O)=O)c(F)c1. The molecule has 0 saturated heterocycles. The Morgan fingerprint density at radius 1 is 1.47 bits per heavy atom. The van der Waals surface area contributed by atoms with Crippen molar-refractivity contribution in [2.75, 3.05) is 11.0 Å². The Morgan fingerprint density at radius 2 is 2.05 bits per heavy atom. The number of rotatable bonds is 5. The predicted molar refractivity (Wildman–Crippen MR) is 70.1 cm³/mol. The van der Waals surface area contributed by atoms with Gasteiger partial charge in [-0.25, -0.2) is 12.8 Å². The van der Waals surface area contributed by atoms with E-state index >= 15 is 0 Å². The summed E-state index contributed by atoms with van der Waals surface area (Å²) < 4.78 is 37.9. The van der Waals surface area contributed by atoms with Crippen LogP contribution < -0.4 is 4.72 Å². The molecule has 0 fully saturated rings. The molecule has 1 aromatic carbocycles. The lowest BCUT2D eigenvalue weighted by Crippen LogP contribution is -2.31. The summed E-state index contributed by atoms with van der Waals surface area (Å²) in [5.41, 5.74) is -1.11. The summed E-state index contributed by atoms with van der Waals surface area (Å²) in [5.74, 6) is -1.86. The molecule has 0 aliphatic heterocycles. The smallest absolute Gasteiger partial charge is 0.313 e. The van der Waals surface area contributed by atoms with E-state index in [1.165, 1.54) is 19.1 Å². The molecule has 0 aromatic heterocycles. The van der Waals surface area contributed by atoms with Crippen LogP contribution in [0.1, 0.15) is 25.8 Å². The summed E-state index contributed by atoms with van der Waals surface area (Å²) >= 11 is 0. The van der Waals surface area contributed by atoms with Gasteiger partial charge in [-0.1, -0.05) is 13.0 Å². The second kappa shape index (κ2) is 5.16. The molecule has 1 unspecified atom stereocenters. The Kier molecular flexibility index (Phi) is 4.19. The third kappa shape index (κ3) is 3.44. The number of nitrogens with one attached hydrogen (secondary N) is 1. The zero-order chi connectivity index (χ0) is 14.8. The lowest BCUT2D eigenvalue weighted by molar-refractivity contribution is -0.143. The molecule has 0 aliphatic rings. The molecule has 0 bridgehead atoms. The van der Waals surface area contributed by atoms with Gasteiger partial charge in [-0.05, 0) is 31.0 Å². The van der Waals surface area contributed by atoms with Gasteiger partial charge in [-0.2, -0.15) is 0 Å². The van der Waals surface area contributed by atoms with E-state index < -0.39 is 27.2 Å². The van der Waals surface area contributed by atoms with E-state index in [0.29, 0.717) is 12.0 Å². The number of benzene rings is 1. The van der Waals surface area contributed by atoms with Crippen LogP contribution in [0.5, 0.6) is 0 Å². The van der Waals surface area contributed by atoms with Gasteiger partial charge in [-0.3, -0.25) is 9.52 Å². The fourth-order valence-electron chi connectivity index (χ4n) is 1.62. The van der Waals surface area contributed by atoms with E-state index in [4.69, 9.17) is 0 Å². The predicted octanol–water partition coefficient (Wildman–Crippen LogP) is 1.95. The molecule has 0 heterocycles. The fourth-order valence-corrected chi connectivity index (χ4v) is 2.18. The molecule has 0 spiro atoms. The van der Waals surface area contributed by atoms with Crippen LogP contribution in [0.3, 0.4) is 0 Å². The normalized spacial score (nSPS) is 14.7. The van der Waals surface area contributed by atoms with Crippen LogP contribution in [0.25, 0.3) is 0 Å². The van der Waals surface area contributed by atoms with Crippen LogP contribution in [0.15, 0.2) is 18.2 Å². The number of aliphatic carboxylic acids is 1. The third-order valence-corrected chi connectivity index (χ3v) is 3.67. The van der Waals surface area contributed by atoms with Crippen LogP contribution in [-0.2, 0) is 20.2 Å². The molecule has 19 heavy (non-hydrogen) atoms. The minimum absolute atomic E-state index is 0.199. The van der Waals surface area contributed by atoms with Crippen molar-refractivity contribution in [3.05, 3.63) is 29.6 Å². The molecule has 0 aliphatic carbocycles. The Morgan fingerprint density at radius 3 is 2.42 bits per heavy atom. The lowest BCUT2D eigenvalue weighted by Gasteiger charge is -2.24. The molecule has 5 nitrogen and oxygen atoms in total. The second-order valence-corrected chi connectivity index (χ2v) is 6.31. The Bertz CT molecular complexity index is 600. The fraction of sp³-hybridized carbons (Fsp3) is 0.417. The molecule has 0 radical (unpaired) electrons. The van der Waals surface area contributed by atoms with Gasteiger partial charge in [0.1, 0.15) is 5.82 Å². The molecule has 106 valence electrons. The summed E-state index contributed by atoms with van der Waals surface area (Å²) in [4.78, 5) is 11.2. The maximum absolute atomic E-state index is 13.8. The Labute approximate surface area is 111 Å². The molecule has 1 atom stereocenters. The van der Waals surface area contributed by atoms with Gasteiger partial charge < -0.3 is 5.11 Å². The quantitative estimate of drug-likeness (QED) is 0.867. The van der Waals surface area contributed by atoms with Crippen LogP contribution in [0.2, 0.25) is 0 Å². The number of carbonyl (C=O) groups is 1. The monoisotopic (exact) mass is 289 g/mol. The van der Waals surface area contributed by atoms with Crippen molar-refractivity contribution in [2.45, 2.75) is 25.7 Å². The standard InChI is InChI=1S/C12H16FNO4S/c1-4-12(2,11(15)16)8-5-6-10(9(13)7-8)14-19(3,17)18/h5-7,14H,4H2,1-3H3,(H,15,16). The summed E-state index contributed by atoms with van der Waals surface area (Å²) in [7, 11) is -3.58. The summed E-state index contributed by atoms with van der Waals surface area (Å²) in [5, 5.41) is 9.20. The topological polar surface area (TPSA) is 83.5 Å². The van der Waals surface area contributed by atoms with Crippen molar-refractivity contribution in [3.63, 3.8) is 0 Å². The van der Waals surface area contributed by atoms with E-state index in [1.54, 1.807) is 6.92 Å². The van der Waals surface area contributed by atoms with E-state index in [1.807, 2.05) is 4.72 Å². The molecule has 0 amide bonds. The van der Waals surface area contributed by atoms with Gasteiger partial charge >= 0.3 is 5.97 Å². The number of carboxylic acid groups (broad SMARTS) is 1. The van der Waals surface area contributed by atoms with Gasteiger partial charge in [-0.15, -0.1) is 0 Å². The minimum Gasteiger partial charge on any atom is -0.481 e. The van der Waals surface area contributed by atoms with E-state index in [0.717, 1.165) is 12.3 Å². The third-order valence-electron chi connectivity index (χ3n) is 3.08. The van der Waals surface area contributed by atoms with Crippen molar-refractivity contribution in [1.82, 2.24) is 0 Å². The second-order valence-electron chi connectivity index (χ2n) is 4.56. The average molecular weight is 289 g/mol. The number of anilines is 1. The molecule has 1 aromatic rings. The van der Waals surface area contributed by atoms with Crippen LogP contribution in [0, 0.1) is 5.82 Å². The van der Waals surface area contributed by atoms with E-state index in [2.05, 4.69) is 0 Å². The Balaban J connectivity index is 3.23. The molecular weight excluding hydrogens is 273 g/mol. The summed E-state index contributed by atoms with van der Waals surface area (Å²) in [6.45, 7) is 3.18. The molecular formula is C12H16FNO4S. The highest BCUT2D eigenvalue weighted by molar-refractivity contribution is 7.92. The molecule has 7 heteroatoms. The van der Waals surface area contributed by atoms with E-state index in [9.17, 15) is 22.7 Å². The van der Waals surface area contributed by atoms with Crippen molar-refractivity contribution in [1.29, 1.82) is 0 Å². The first-order valence-electron chi connectivity index (χ1n) is 5.61. The first-order chi connectivity index (χ1) is 8.60. The maximum Gasteiger partial charge on any atom is 0.313 e. The first kappa shape index (κ1) is 15.4. The van der Waals surface area contributed by atoms with Gasteiger partial charge in [0.05, 0.1) is 17.4 Å². The van der Waals surface area contributed by atoms with Crippen molar-refractivity contribution >= 4 is 21.7 Å². The first-order valence-corrected chi connectivity index (χ1v) is 7.50. The zero-order valence-corrected chi connectivity index (χ0v) is 11.7.